The predicted octanol–water partition coefficient (Wildman–Crippen LogP) is 1.56. The van der Waals surface area contributed by atoms with E-state index in [2.05, 4.69) is 22.8 Å². The zero-order valence-corrected chi connectivity index (χ0v) is 12.2. The summed E-state index contributed by atoms with van der Waals surface area (Å²) in [5.74, 6) is 0.151. The van der Waals surface area contributed by atoms with Crippen molar-refractivity contribution in [3.8, 4) is 0 Å². The third kappa shape index (κ3) is 3.02. The summed E-state index contributed by atoms with van der Waals surface area (Å²) in [7, 11) is 0. The van der Waals surface area contributed by atoms with Crippen molar-refractivity contribution in [3.63, 3.8) is 0 Å². The topological polar surface area (TPSA) is 56.4 Å². The Balaban J connectivity index is 1.59. The highest BCUT2D eigenvalue weighted by atomic mass is 15.3. The van der Waals surface area contributed by atoms with Crippen LogP contribution in [0.3, 0.4) is 0 Å². The number of nitrogens with one attached hydrogen (secondary N) is 1. The Kier molecular flexibility index (Phi) is 3.76. The van der Waals surface area contributed by atoms with Gasteiger partial charge in [0.2, 0.25) is 0 Å². The van der Waals surface area contributed by atoms with Gasteiger partial charge < -0.3 is 5.73 Å². The number of nitrogen functional groups attached to an aromatic ring is 1. The van der Waals surface area contributed by atoms with Crippen LogP contribution in [0.25, 0.3) is 0 Å². The highest BCUT2D eigenvalue weighted by molar-refractivity contribution is 5.95. The predicted molar refractivity (Wildman–Crippen MR) is 82.1 cm³/mol. The third-order valence-corrected chi connectivity index (χ3v) is 4.52. The van der Waals surface area contributed by atoms with E-state index in [-0.39, 0.29) is 5.84 Å². The lowest BCUT2D eigenvalue weighted by atomic mass is 10.0. The average Bonchev–Trinajstić information content (AvgIpc) is 3.26. The Bertz CT molecular complexity index is 499. The summed E-state index contributed by atoms with van der Waals surface area (Å²) in [6.45, 7) is 7.91. The van der Waals surface area contributed by atoms with Gasteiger partial charge in [-0.3, -0.25) is 15.2 Å². The zero-order chi connectivity index (χ0) is 14.1. The molecule has 1 heterocycles. The normalized spacial score (nSPS) is 21.1. The first-order valence-corrected chi connectivity index (χ1v) is 7.54. The van der Waals surface area contributed by atoms with Crippen molar-refractivity contribution in [3.05, 3.63) is 34.9 Å². The third-order valence-electron chi connectivity index (χ3n) is 4.52. The molecule has 1 aromatic rings. The summed E-state index contributed by atoms with van der Waals surface area (Å²) in [6.07, 6.45) is 2.82. The Morgan fingerprint density at radius 2 is 1.95 bits per heavy atom. The molecule has 108 valence electrons. The van der Waals surface area contributed by atoms with E-state index in [0.717, 1.165) is 18.2 Å². The van der Waals surface area contributed by atoms with Crippen LogP contribution in [-0.2, 0) is 6.54 Å². The Morgan fingerprint density at radius 3 is 2.50 bits per heavy atom. The van der Waals surface area contributed by atoms with Gasteiger partial charge in [-0.2, -0.15) is 0 Å². The number of rotatable bonds is 4. The van der Waals surface area contributed by atoms with Gasteiger partial charge in [0.05, 0.1) is 0 Å². The van der Waals surface area contributed by atoms with Crippen LogP contribution in [0, 0.1) is 12.3 Å². The number of aryl methyl sites for hydroxylation is 1. The van der Waals surface area contributed by atoms with E-state index in [4.69, 9.17) is 11.1 Å². The molecule has 0 aromatic heterocycles. The molecule has 1 saturated carbocycles. The summed E-state index contributed by atoms with van der Waals surface area (Å²) in [5, 5.41) is 7.49. The van der Waals surface area contributed by atoms with Crippen LogP contribution in [0.4, 0.5) is 0 Å². The summed E-state index contributed by atoms with van der Waals surface area (Å²) in [5.41, 5.74) is 8.95. The summed E-state index contributed by atoms with van der Waals surface area (Å²) in [4.78, 5) is 5.18. The van der Waals surface area contributed by atoms with Crippen LogP contribution in [0.15, 0.2) is 18.2 Å². The first-order chi connectivity index (χ1) is 9.63. The maximum atomic E-state index is 7.49. The molecule has 0 spiro atoms. The minimum Gasteiger partial charge on any atom is -0.384 e. The maximum absolute atomic E-state index is 7.49. The second kappa shape index (κ2) is 5.54. The quantitative estimate of drug-likeness (QED) is 0.646. The van der Waals surface area contributed by atoms with Crippen molar-refractivity contribution >= 4 is 5.84 Å². The lowest BCUT2D eigenvalue weighted by Gasteiger charge is -2.35. The highest BCUT2D eigenvalue weighted by Gasteiger charge is 2.31. The fourth-order valence-corrected chi connectivity index (χ4v) is 3.01. The Hall–Kier alpha value is -1.39. The van der Waals surface area contributed by atoms with Crippen LogP contribution >= 0.6 is 0 Å². The van der Waals surface area contributed by atoms with E-state index in [1.54, 1.807) is 0 Å². The molecule has 0 amide bonds. The number of benzene rings is 1. The lowest BCUT2D eigenvalue weighted by Crippen LogP contribution is -2.46. The van der Waals surface area contributed by atoms with Crippen molar-refractivity contribution in [2.24, 2.45) is 5.73 Å². The molecule has 2 aliphatic rings. The molecule has 0 bridgehead atoms. The van der Waals surface area contributed by atoms with Gasteiger partial charge in [0.1, 0.15) is 5.84 Å². The Morgan fingerprint density at radius 1 is 1.25 bits per heavy atom. The molecule has 1 saturated heterocycles. The largest absolute Gasteiger partial charge is 0.384 e. The molecule has 0 atom stereocenters. The summed E-state index contributed by atoms with van der Waals surface area (Å²) >= 11 is 0. The molecule has 3 rings (SSSR count). The van der Waals surface area contributed by atoms with Crippen LogP contribution in [0.5, 0.6) is 0 Å². The SMILES string of the molecule is Cc1cc(C(=N)N)ccc1CN1CCN(C2CC2)CC1. The molecular formula is C16H24N4. The second-order valence-corrected chi connectivity index (χ2v) is 6.10. The summed E-state index contributed by atoms with van der Waals surface area (Å²) < 4.78 is 0. The van der Waals surface area contributed by atoms with E-state index in [9.17, 15) is 0 Å². The molecular weight excluding hydrogens is 248 g/mol. The van der Waals surface area contributed by atoms with Crippen LogP contribution in [0.2, 0.25) is 0 Å². The first-order valence-electron chi connectivity index (χ1n) is 7.54. The van der Waals surface area contributed by atoms with Gasteiger partial charge in [0.25, 0.3) is 0 Å². The number of hydrogen-bond donors (Lipinski definition) is 2. The molecule has 2 fully saturated rings. The fraction of sp³-hybridized carbons (Fsp3) is 0.562. The number of nitrogens with two attached hydrogens (primary N) is 1. The van der Waals surface area contributed by atoms with E-state index >= 15 is 0 Å². The fourth-order valence-electron chi connectivity index (χ4n) is 3.01. The number of nitrogens with zero attached hydrogens (tertiary/aromatic N) is 2. The minimum absolute atomic E-state index is 0.151. The van der Waals surface area contributed by atoms with Gasteiger partial charge in [-0.05, 0) is 37.0 Å². The van der Waals surface area contributed by atoms with E-state index in [0.29, 0.717) is 0 Å². The molecule has 0 unspecified atom stereocenters. The average molecular weight is 272 g/mol. The van der Waals surface area contributed by atoms with Crippen LogP contribution in [-0.4, -0.2) is 47.9 Å². The second-order valence-electron chi connectivity index (χ2n) is 6.10. The van der Waals surface area contributed by atoms with Gasteiger partial charge in [-0.15, -0.1) is 0 Å². The van der Waals surface area contributed by atoms with E-state index in [1.165, 1.54) is 50.1 Å². The van der Waals surface area contributed by atoms with Crippen LogP contribution in [0.1, 0.15) is 29.5 Å². The maximum Gasteiger partial charge on any atom is 0.122 e. The van der Waals surface area contributed by atoms with Gasteiger partial charge in [0.15, 0.2) is 0 Å². The summed E-state index contributed by atoms with van der Waals surface area (Å²) in [6, 6.07) is 7.01. The Labute approximate surface area is 121 Å². The number of amidine groups is 1. The number of piperazine rings is 1. The smallest absolute Gasteiger partial charge is 0.122 e. The first kappa shape index (κ1) is 13.6. The van der Waals surface area contributed by atoms with Crippen molar-refractivity contribution in [1.82, 2.24) is 9.80 Å². The number of hydrogen-bond acceptors (Lipinski definition) is 3. The highest BCUT2D eigenvalue weighted by Crippen LogP contribution is 2.27. The van der Waals surface area contributed by atoms with Crippen molar-refractivity contribution in [2.45, 2.75) is 32.4 Å². The van der Waals surface area contributed by atoms with Gasteiger partial charge in [-0.1, -0.05) is 12.1 Å². The molecule has 1 aromatic carbocycles. The molecule has 1 aliphatic carbocycles. The molecule has 3 N–H and O–H groups in total. The van der Waals surface area contributed by atoms with Crippen molar-refractivity contribution in [2.75, 3.05) is 26.2 Å². The van der Waals surface area contributed by atoms with E-state index in [1.807, 2.05) is 12.1 Å². The lowest BCUT2D eigenvalue weighted by molar-refractivity contribution is 0.121. The minimum atomic E-state index is 0.151. The van der Waals surface area contributed by atoms with Crippen LogP contribution < -0.4 is 5.73 Å². The monoisotopic (exact) mass is 272 g/mol. The molecule has 20 heavy (non-hydrogen) atoms. The molecule has 4 heteroatoms. The van der Waals surface area contributed by atoms with Crippen molar-refractivity contribution < 1.29 is 0 Å². The van der Waals surface area contributed by atoms with E-state index < -0.39 is 0 Å². The zero-order valence-electron chi connectivity index (χ0n) is 12.2. The molecule has 0 radical (unpaired) electrons. The van der Waals surface area contributed by atoms with Gasteiger partial charge in [0, 0.05) is 44.3 Å². The van der Waals surface area contributed by atoms with Gasteiger partial charge in [-0.25, -0.2) is 0 Å². The van der Waals surface area contributed by atoms with Gasteiger partial charge >= 0.3 is 0 Å². The standard InChI is InChI=1S/C16H24N4/c1-12-10-13(16(17)18)2-3-14(12)11-19-6-8-20(9-7-19)15-4-5-15/h2-3,10,15H,4-9,11H2,1H3,(H3,17,18). The molecule has 4 nitrogen and oxygen atoms in total. The van der Waals surface area contributed by atoms with Crippen molar-refractivity contribution in [1.29, 1.82) is 5.41 Å². The molecule has 1 aliphatic heterocycles.